The molecule has 0 aliphatic carbocycles. The van der Waals surface area contributed by atoms with E-state index in [-0.39, 0.29) is 17.7 Å². The third-order valence-electron chi connectivity index (χ3n) is 4.29. The van der Waals surface area contributed by atoms with Crippen molar-refractivity contribution < 1.29 is 4.74 Å². The van der Waals surface area contributed by atoms with Crippen molar-refractivity contribution >= 4 is 11.0 Å². The molecule has 0 saturated carbocycles. The molecule has 25 heavy (non-hydrogen) atoms. The first kappa shape index (κ1) is 17.2. The number of aryl methyl sites for hydroxylation is 4. The molecule has 0 fully saturated rings. The maximum atomic E-state index is 13.0. The molecule has 0 aliphatic rings. The Bertz CT molecular complexity index is 1010. The molecule has 0 aliphatic heterocycles. The van der Waals surface area contributed by atoms with Crippen molar-refractivity contribution in [1.82, 2.24) is 19.3 Å². The van der Waals surface area contributed by atoms with Crippen molar-refractivity contribution in [2.75, 3.05) is 0 Å². The molecule has 3 aromatic rings. The van der Waals surface area contributed by atoms with E-state index in [0.29, 0.717) is 11.0 Å². The second kappa shape index (κ2) is 6.02. The van der Waals surface area contributed by atoms with Crippen LogP contribution in [0.5, 0.6) is 6.01 Å². The van der Waals surface area contributed by atoms with Gasteiger partial charge in [0, 0.05) is 19.7 Å². The molecular weight excluding hydrogens is 316 g/mol. The molecule has 0 saturated heterocycles. The molecule has 3 rings (SSSR count). The van der Waals surface area contributed by atoms with E-state index in [1.165, 1.54) is 10.1 Å². The molecule has 0 N–H and O–H groups in total. The summed E-state index contributed by atoms with van der Waals surface area (Å²) >= 11 is 0. The monoisotopic (exact) mass is 340 g/mol. The number of benzene rings is 1. The summed E-state index contributed by atoms with van der Waals surface area (Å²) in [5, 5.41) is 5.00. The highest BCUT2D eigenvalue weighted by atomic mass is 16.5. The highest BCUT2D eigenvalue weighted by Crippen LogP contribution is 2.32. The predicted octanol–water partition coefficient (Wildman–Crippen LogP) is 3.05. The van der Waals surface area contributed by atoms with Gasteiger partial charge < -0.3 is 4.74 Å². The summed E-state index contributed by atoms with van der Waals surface area (Å²) in [6.45, 7) is 9.99. The van der Waals surface area contributed by atoms with Gasteiger partial charge in [-0.1, -0.05) is 17.7 Å². The minimum Gasteiger partial charge on any atom is -0.462 e. The van der Waals surface area contributed by atoms with Crippen LogP contribution in [0, 0.1) is 20.8 Å². The topological polar surface area (TPSA) is 61.9 Å². The van der Waals surface area contributed by atoms with E-state index in [4.69, 9.17) is 4.74 Å². The third kappa shape index (κ3) is 2.81. The van der Waals surface area contributed by atoms with Crippen LogP contribution in [-0.4, -0.2) is 25.4 Å². The van der Waals surface area contributed by atoms with Gasteiger partial charge >= 0.3 is 6.01 Å². The van der Waals surface area contributed by atoms with Gasteiger partial charge in [0.2, 0.25) is 0 Å². The van der Waals surface area contributed by atoms with Crippen LogP contribution in [0.15, 0.2) is 16.9 Å². The van der Waals surface area contributed by atoms with E-state index >= 15 is 0 Å². The average Bonchev–Trinajstić information content (AvgIpc) is 2.79. The molecule has 0 atom stereocenters. The fourth-order valence-corrected chi connectivity index (χ4v) is 3.36. The number of aromatic nitrogens is 4. The zero-order valence-electron chi connectivity index (χ0n) is 15.8. The second-order valence-electron chi connectivity index (χ2n) is 6.87. The van der Waals surface area contributed by atoms with E-state index in [1.54, 1.807) is 11.7 Å². The van der Waals surface area contributed by atoms with Crippen molar-refractivity contribution in [3.63, 3.8) is 0 Å². The smallest absolute Gasteiger partial charge is 0.301 e. The molecule has 1 aromatic carbocycles. The summed E-state index contributed by atoms with van der Waals surface area (Å²) in [5.74, 6) is 0. The van der Waals surface area contributed by atoms with Gasteiger partial charge in [0.15, 0.2) is 5.65 Å². The molecule has 0 amide bonds. The fraction of sp³-hybridized carbons (Fsp3) is 0.421. The van der Waals surface area contributed by atoms with Gasteiger partial charge in [-0.05, 0) is 45.7 Å². The first-order valence-electron chi connectivity index (χ1n) is 8.39. The Labute approximate surface area is 147 Å². The molecular formula is C19H24N4O2. The highest BCUT2D eigenvalue weighted by Gasteiger charge is 2.22. The quantitative estimate of drug-likeness (QED) is 0.735. The van der Waals surface area contributed by atoms with Crippen LogP contribution in [0.1, 0.15) is 30.5 Å². The molecule has 132 valence electrons. The highest BCUT2D eigenvalue weighted by molar-refractivity contribution is 5.92. The Morgan fingerprint density at radius 1 is 1.08 bits per heavy atom. The van der Waals surface area contributed by atoms with Crippen LogP contribution >= 0.6 is 0 Å². The average molecular weight is 340 g/mol. The van der Waals surface area contributed by atoms with Crippen LogP contribution in [-0.2, 0) is 14.1 Å². The Morgan fingerprint density at radius 2 is 1.68 bits per heavy atom. The van der Waals surface area contributed by atoms with E-state index in [2.05, 4.69) is 43.0 Å². The molecule has 0 radical (unpaired) electrons. The van der Waals surface area contributed by atoms with Crippen molar-refractivity contribution in [3.05, 3.63) is 39.2 Å². The van der Waals surface area contributed by atoms with Crippen LogP contribution < -0.4 is 10.3 Å². The largest absolute Gasteiger partial charge is 0.462 e. The molecule has 2 heterocycles. The second-order valence-corrected chi connectivity index (χ2v) is 6.87. The Morgan fingerprint density at radius 3 is 2.24 bits per heavy atom. The fourth-order valence-electron chi connectivity index (χ4n) is 3.36. The van der Waals surface area contributed by atoms with E-state index in [1.807, 2.05) is 20.9 Å². The van der Waals surface area contributed by atoms with E-state index in [9.17, 15) is 4.79 Å². The predicted molar refractivity (Wildman–Crippen MR) is 99.2 cm³/mol. The zero-order valence-corrected chi connectivity index (χ0v) is 15.8. The maximum Gasteiger partial charge on any atom is 0.301 e. The summed E-state index contributed by atoms with van der Waals surface area (Å²) in [4.78, 5) is 17.5. The normalized spacial score (nSPS) is 11.5. The van der Waals surface area contributed by atoms with E-state index in [0.717, 1.165) is 22.4 Å². The van der Waals surface area contributed by atoms with E-state index < -0.39 is 0 Å². The zero-order chi connectivity index (χ0) is 18.5. The number of ether oxygens (including phenoxy) is 1. The Balaban J connectivity index is 2.37. The minimum atomic E-state index is -0.150. The standard InChI is InChI=1S/C19H24N4O2/c1-10(2)25-19-20-17-15(18(24)22(19)6)16(23(7)21-17)14-12(4)8-11(3)9-13(14)5/h8-10H,1-7H3. The molecule has 6 heteroatoms. The lowest BCUT2D eigenvalue weighted by atomic mass is 9.96. The summed E-state index contributed by atoms with van der Waals surface area (Å²) < 4.78 is 8.84. The lowest BCUT2D eigenvalue weighted by Crippen LogP contribution is -2.22. The van der Waals surface area contributed by atoms with Crippen molar-refractivity contribution in [1.29, 1.82) is 0 Å². The van der Waals surface area contributed by atoms with Gasteiger partial charge in [0.25, 0.3) is 5.56 Å². The van der Waals surface area contributed by atoms with Gasteiger partial charge in [-0.25, -0.2) is 0 Å². The van der Waals surface area contributed by atoms with Crippen LogP contribution in [0.3, 0.4) is 0 Å². The van der Waals surface area contributed by atoms with Crippen molar-refractivity contribution in [2.24, 2.45) is 14.1 Å². The lowest BCUT2D eigenvalue weighted by Gasteiger charge is -2.13. The van der Waals surface area contributed by atoms with Gasteiger partial charge in [-0.3, -0.25) is 14.0 Å². The van der Waals surface area contributed by atoms with Gasteiger partial charge in [-0.15, -0.1) is 0 Å². The lowest BCUT2D eigenvalue weighted by molar-refractivity contribution is 0.212. The van der Waals surface area contributed by atoms with Crippen molar-refractivity contribution in [3.8, 4) is 17.3 Å². The minimum absolute atomic E-state index is 0.0691. The van der Waals surface area contributed by atoms with Gasteiger partial charge in [-0.2, -0.15) is 10.1 Å². The third-order valence-corrected chi connectivity index (χ3v) is 4.29. The molecule has 2 aromatic heterocycles. The number of hydrogen-bond donors (Lipinski definition) is 0. The number of fused-ring (bicyclic) bond motifs is 1. The SMILES string of the molecule is Cc1cc(C)c(-c2c3c(=O)n(C)c(OC(C)C)nc3nn2C)c(C)c1. The van der Waals surface area contributed by atoms with Crippen LogP contribution in [0.25, 0.3) is 22.3 Å². The molecule has 0 bridgehead atoms. The first-order valence-corrected chi connectivity index (χ1v) is 8.39. The maximum absolute atomic E-state index is 13.0. The summed E-state index contributed by atoms with van der Waals surface area (Å²) in [6, 6.07) is 4.53. The first-order chi connectivity index (χ1) is 11.7. The van der Waals surface area contributed by atoms with Crippen LogP contribution in [0.2, 0.25) is 0 Å². The summed E-state index contributed by atoms with van der Waals surface area (Å²) in [5.41, 5.74) is 5.53. The Hall–Kier alpha value is -2.63. The molecule has 6 nitrogen and oxygen atoms in total. The number of rotatable bonds is 3. The van der Waals surface area contributed by atoms with Crippen LogP contribution in [0.4, 0.5) is 0 Å². The molecule has 0 unspecified atom stereocenters. The Kier molecular flexibility index (Phi) is 4.14. The van der Waals surface area contributed by atoms with Gasteiger partial charge in [0.1, 0.15) is 5.39 Å². The summed E-state index contributed by atoms with van der Waals surface area (Å²) in [6.07, 6.45) is -0.0691. The van der Waals surface area contributed by atoms with Crippen molar-refractivity contribution in [2.45, 2.75) is 40.7 Å². The number of nitrogens with zero attached hydrogens (tertiary/aromatic N) is 4. The summed E-state index contributed by atoms with van der Waals surface area (Å²) in [7, 11) is 3.52. The van der Waals surface area contributed by atoms with Gasteiger partial charge in [0.05, 0.1) is 11.8 Å². The number of hydrogen-bond acceptors (Lipinski definition) is 4. The molecule has 0 spiro atoms.